The minimum absolute atomic E-state index is 0.128. The molecular weight excluding hydrogens is 551 g/mol. The zero-order chi connectivity index (χ0) is 23.6. The van der Waals surface area contributed by atoms with E-state index in [-0.39, 0.29) is 11.1 Å². The van der Waals surface area contributed by atoms with Gasteiger partial charge in [0.05, 0.1) is 12.2 Å². The largest absolute Gasteiger partial charge is 0.458 e. The van der Waals surface area contributed by atoms with Crippen LogP contribution in [-0.4, -0.2) is 57.7 Å². The van der Waals surface area contributed by atoms with Crippen LogP contribution in [0.1, 0.15) is 16.7 Å². The molecule has 0 unspecified atom stereocenters. The molecular formula is C21H19F4IO6. The smallest absolute Gasteiger partial charge is 0.416 e. The molecule has 6 nitrogen and oxygen atoms in total. The lowest BCUT2D eigenvalue weighted by Crippen LogP contribution is -2.60. The van der Waals surface area contributed by atoms with Gasteiger partial charge in [0, 0.05) is 9.13 Å². The van der Waals surface area contributed by atoms with Gasteiger partial charge in [0.25, 0.3) is 0 Å². The van der Waals surface area contributed by atoms with Crippen molar-refractivity contribution in [3.8, 4) is 5.75 Å². The quantitative estimate of drug-likeness (QED) is 0.251. The fourth-order valence-corrected chi connectivity index (χ4v) is 3.72. The van der Waals surface area contributed by atoms with Gasteiger partial charge in [-0.25, -0.2) is 4.39 Å². The number of halogens is 5. The van der Waals surface area contributed by atoms with Gasteiger partial charge in [0.2, 0.25) is 6.29 Å². The van der Waals surface area contributed by atoms with E-state index in [0.717, 1.165) is 18.2 Å². The topological polar surface area (TPSA) is 99.4 Å². The molecule has 0 saturated carbocycles. The molecule has 0 radical (unpaired) electrons. The number of ether oxygens (including phenoxy) is 2. The first-order valence-corrected chi connectivity index (χ1v) is 10.4. The Hall–Kier alpha value is -1.77. The second-order valence-electron chi connectivity index (χ2n) is 7.08. The lowest BCUT2D eigenvalue weighted by Gasteiger charge is -2.39. The van der Waals surface area contributed by atoms with Crippen molar-refractivity contribution in [1.29, 1.82) is 0 Å². The van der Waals surface area contributed by atoms with Crippen molar-refractivity contribution in [1.82, 2.24) is 0 Å². The van der Waals surface area contributed by atoms with Crippen molar-refractivity contribution >= 4 is 34.7 Å². The van der Waals surface area contributed by atoms with Crippen LogP contribution in [0.4, 0.5) is 17.6 Å². The van der Waals surface area contributed by atoms with Crippen LogP contribution in [0.5, 0.6) is 5.75 Å². The van der Waals surface area contributed by atoms with Crippen molar-refractivity contribution in [2.75, 3.05) is 6.61 Å². The van der Waals surface area contributed by atoms with Gasteiger partial charge in [-0.1, -0.05) is 24.3 Å². The predicted octanol–water partition coefficient (Wildman–Crippen LogP) is 2.80. The summed E-state index contributed by atoms with van der Waals surface area (Å²) in [6.07, 6.45) is -9.82. The van der Waals surface area contributed by atoms with Crippen LogP contribution >= 0.6 is 22.6 Å². The lowest BCUT2D eigenvalue weighted by molar-refractivity contribution is -0.277. The highest BCUT2D eigenvalue weighted by molar-refractivity contribution is 14.1. The van der Waals surface area contributed by atoms with Crippen LogP contribution in [0, 0.1) is 9.39 Å². The van der Waals surface area contributed by atoms with Crippen LogP contribution < -0.4 is 4.74 Å². The number of aliphatic hydroxyl groups excluding tert-OH is 4. The Kier molecular flexibility index (Phi) is 7.78. The summed E-state index contributed by atoms with van der Waals surface area (Å²) >= 11 is 1.84. The highest BCUT2D eigenvalue weighted by atomic mass is 127. The maximum absolute atomic E-state index is 14.7. The molecule has 2 aromatic rings. The van der Waals surface area contributed by atoms with E-state index < -0.39 is 60.6 Å². The van der Waals surface area contributed by atoms with Crippen molar-refractivity contribution in [2.24, 2.45) is 0 Å². The summed E-state index contributed by atoms with van der Waals surface area (Å²) < 4.78 is 64.6. The summed E-state index contributed by atoms with van der Waals surface area (Å²) in [5, 5.41) is 39.2. The molecule has 11 heteroatoms. The van der Waals surface area contributed by atoms with Crippen molar-refractivity contribution in [3.63, 3.8) is 0 Å². The first-order chi connectivity index (χ1) is 15.0. The Balaban J connectivity index is 1.92. The lowest BCUT2D eigenvalue weighted by atomic mass is 9.99. The molecule has 1 aliphatic heterocycles. The van der Waals surface area contributed by atoms with Gasteiger partial charge in [-0.2, -0.15) is 13.2 Å². The Bertz CT molecular complexity index is 981. The fourth-order valence-electron chi connectivity index (χ4n) is 3.11. The maximum Gasteiger partial charge on any atom is 0.416 e. The fraction of sp³-hybridized carbons (Fsp3) is 0.333. The third-order valence-corrected chi connectivity index (χ3v) is 5.41. The van der Waals surface area contributed by atoms with Crippen LogP contribution in [0.15, 0.2) is 36.4 Å². The SMILES string of the molecule is OC[C@H]1O[C@@H](Oc2c(F)cc(I)cc2/C=C/c2cccc(C(F)(F)F)c2)[C@H](O)[C@@H](O)[C@@H]1O. The number of hydrogen-bond acceptors (Lipinski definition) is 6. The third-order valence-electron chi connectivity index (χ3n) is 4.79. The van der Waals surface area contributed by atoms with E-state index in [1.165, 1.54) is 30.4 Å². The summed E-state index contributed by atoms with van der Waals surface area (Å²) in [6, 6.07) is 7.15. The Morgan fingerprint density at radius 3 is 2.41 bits per heavy atom. The Morgan fingerprint density at radius 1 is 1.03 bits per heavy atom. The van der Waals surface area contributed by atoms with E-state index in [2.05, 4.69) is 0 Å². The molecule has 1 aliphatic rings. The van der Waals surface area contributed by atoms with Gasteiger partial charge in [0.15, 0.2) is 11.6 Å². The third kappa shape index (κ3) is 5.58. The minimum Gasteiger partial charge on any atom is -0.458 e. The van der Waals surface area contributed by atoms with Crippen LogP contribution in [0.2, 0.25) is 0 Å². The van der Waals surface area contributed by atoms with Crippen molar-refractivity contribution < 1.29 is 47.5 Å². The average Bonchev–Trinajstić information content (AvgIpc) is 2.73. The van der Waals surface area contributed by atoms with E-state index in [9.17, 15) is 38.0 Å². The summed E-state index contributed by atoms with van der Waals surface area (Å²) in [5.74, 6) is -1.24. The Labute approximate surface area is 193 Å². The van der Waals surface area contributed by atoms with E-state index >= 15 is 0 Å². The van der Waals surface area contributed by atoms with Crippen LogP contribution in [-0.2, 0) is 10.9 Å². The molecule has 3 rings (SSSR count). The standard InChI is InChI=1S/C21H19F4IO6/c22-14-8-13(26)7-11(5-4-10-2-1-3-12(6-10)21(23,24)25)19(14)32-20-18(30)17(29)16(28)15(9-27)31-20/h1-8,15-18,20,27-30H,9H2/b5-4+/t15-,16-,17+,18-,20+/m1/s1. The number of alkyl halides is 3. The molecule has 32 heavy (non-hydrogen) atoms. The zero-order valence-electron chi connectivity index (χ0n) is 16.2. The molecule has 0 amide bonds. The molecule has 5 atom stereocenters. The second kappa shape index (κ2) is 10.0. The maximum atomic E-state index is 14.7. The summed E-state index contributed by atoms with van der Waals surface area (Å²) in [4.78, 5) is 0. The molecule has 0 spiro atoms. The van der Waals surface area contributed by atoms with Crippen molar-refractivity contribution in [2.45, 2.75) is 36.9 Å². The molecule has 0 aliphatic carbocycles. The van der Waals surface area contributed by atoms with Gasteiger partial charge >= 0.3 is 6.18 Å². The van der Waals surface area contributed by atoms with Gasteiger partial charge in [0.1, 0.15) is 24.4 Å². The zero-order valence-corrected chi connectivity index (χ0v) is 18.4. The summed E-state index contributed by atoms with van der Waals surface area (Å²) in [6.45, 7) is -0.692. The molecule has 4 N–H and O–H groups in total. The van der Waals surface area contributed by atoms with E-state index in [1.807, 2.05) is 22.6 Å². The monoisotopic (exact) mass is 570 g/mol. The predicted molar refractivity (Wildman–Crippen MR) is 114 cm³/mol. The normalized spacial score (nSPS) is 26.5. The molecule has 174 valence electrons. The van der Waals surface area contributed by atoms with E-state index in [4.69, 9.17) is 9.47 Å². The van der Waals surface area contributed by atoms with Gasteiger partial charge in [-0.05, 0) is 52.4 Å². The number of benzene rings is 2. The number of hydrogen-bond donors (Lipinski definition) is 4. The second-order valence-corrected chi connectivity index (χ2v) is 8.32. The minimum atomic E-state index is -4.52. The average molecular weight is 570 g/mol. The highest BCUT2D eigenvalue weighted by Crippen LogP contribution is 2.33. The van der Waals surface area contributed by atoms with Crippen molar-refractivity contribution in [3.05, 3.63) is 62.5 Å². The van der Waals surface area contributed by atoms with Crippen LogP contribution in [0.25, 0.3) is 12.2 Å². The summed E-state index contributed by atoms with van der Waals surface area (Å²) in [5.41, 5.74) is -0.507. The molecule has 1 saturated heterocycles. The van der Waals surface area contributed by atoms with Gasteiger partial charge in [-0.15, -0.1) is 0 Å². The number of rotatable bonds is 5. The van der Waals surface area contributed by atoms with E-state index in [1.54, 1.807) is 0 Å². The molecule has 2 aromatic carbocycles. The highest BCUT2D eigenvalue weighted by Gasteiger charge is 2.45. The summed E-state index contributed by atoms with van der Waals surface area (Å²) in [7, 11) is 0. The van der Waals surface area contributed by atoms with Crippen LogP contribution in [0.3, 0.4) is 0 Å². The van der Waals surface area contributed by atoms with E-state index in [0.29, 0.717) is 3.57 Å². The first-order valence-electron chi connectivity index (χ1n) is 9.33. The van der Waals surface area contributed by atoms with Gasteiger partial charge < -0.3 is 29.9 Å². The molecule has 1 fully saturated rings. The van der Waals surface area contributed by atoms with Gasteiger partial charge in [-0.3, -0.25) is 0 Å². The first kappa shape index (κ1) is 24.9. The Morgan fingerprint density at radius 2 is 1.75 bits per heavy atom. The number of aliphatic hydroxyl groups is 4. The molecule has 0 aromatic heterocycles. The molecule has 1 heterocycles. The molecule has 0 bridgehead atoms.